The second kappa shape index (κ2) is 8.65. The van der Waals surface area contributed by atoms with E-state index in [1.165, 1.54) is 0 Å². The third-order valence-corrected chi connectivity index (χ3v) is 3.04. The van der Waals surface area contributed by atoms with Crippen LogP contribution in [0.1, 0.15) is 0 Å². The summed E-state index contributed by atoms with van der Waals surface area (Å²) in [6.07, 6.45) is 1.43. The summed E-state index contributed by atoms with van der Waals surface area (Å²) < 4.78 is 38.5. The molecule has 0 bridgehead atoms. The van der Waals surface area contributed by atoms with Gasteiger partial charge in [-0.3, -0.25) is 10.1 Å². The lowest BCUT2D eigenvalue weighted by molar-refractivity contribution is -0.192. The molecule has 0 unspecified atom stereocenters. The summed E-state index contributed by atoms with van der Waals surface area (Å²) in [5.74, 6) is -2.61. The van der Waals surface area contributed by atoms with Gasteiger partial charge in [-0.1, -0.05) is 35.5 Å². The molecule has 2 N–H and O–H groups in total. The van der Waals surface area contributed by atoms with Crippen molar-refractivity contribution in [2.75, 3.05) is 5.32 Å². The highest BCUT2D eigenvalue weighted by Crippen LogP contribution is 2.27. The standard InChI is InChI=1S/C14H12N4O2.C2HF3O2/c19-13(9-18-7-6-15-10-18)17-14-12(8-16-20-14)11-4-2-1-3-5-11;3-2(4,5)1(6)7/h1-8,10H,9H2,(H,17,19);(H,6,7). The third-order valence-electron chi connectivity index (χ3n) is 3.04. The minimum Gasteiger partial charge on any atom is -0.475 e. The van der Waals surface area contributed by atoms with Crippen molar-refractivity contribution in [2.24, 2.45) is 0 Å². The monoisotopic (exact) mass is 382 g/mol. The molecule has 142 valence electrons. The molecule has 0 aliphatic heterocycles. The summed E-state index contributed by atoms with van der Waals surface area (Å²) in [4.78, 5) is 24.7. The Bertz CT molecular complexity index is 877. The highest BCUT2D eigenvalue weighted by molar-refractivity contribution is 5.93. The fourth-order valence-electron chi connectivity index (χ4n) is 1.87. The van der Waals surface area contributed by atoms with Crippen LogP contribution in [0.4, 0.5) is 19.1 Å². The number of nitrogens with zero attached hydrogens (tertiary/aromatic N) is 3. The van der Waals surface area contributed by atoms with Gasteiger partial charge in [0.1, 0.15) is 6.54 Å². The van der Waals surface area contributed by atoms with Crippen LogP contribution in [-0.2, 0) is 16.1 Å². The molecule has 0 fully saturated rings. The number of alkyl halides is 3. The maximum absolute atomic E-state index is 11.9. The molecule has 0 saturated carbocycles. The van der Waals surface area contributed by atoms with Crippen LogP contribution >= 0.6 is 0 Å². The Hall–Kier alpha value is -3.63. The topological polar surface area (TPSA) is 110 Å². The Morgan fingerprint density at radius 2 is 1.89 bits per heavy atom. The number of carboxylic acids is 1. The maximum atomic E-state index is 11.9. The number of hydrogen-bond donors (Lipinski definition) is 2. The lowest BCUT2D eigenvalue weighted by Crippen LogP contribution is -2.21. The van der Waals surface area contributed by atoms with E-state index in [-0.39, 0.29) is 12.5 Å². The summed E-state index contributed by atoms with van der Waals surface area (Å²) >= 11 is 0. The van der Waals surface area contributed by atoms with Gasteiger partial charge < -0.3 is 14.2 Å². The van der Waals surface area contributed by atoms with Gasteiger partial charge in [-0.15, -0.1) is 0 Å². The zero-order valence-electron chi connectivity index (χ0n) is 13.6. The minimum atomic E-state index is -5.08. The number of nitrogens with one attached hydrogen (secondary N) is 1. The van der Waals surface area contributed by atoms with Crippen LogP contribution < -0.4 is 5.32 Å². The van der Waals surface area contributed by atoms with E-state index in [0.717, 1.165) is 11.1 Å². The highest BCUT2D eigenvalue weighted by Gasteiger charge is 2.38. The number of aliphatic carboxylic acids is 1. The van der Waals surface area contributed by atoms with Crippen molar-refractivity contribution < 1.29 is 32.4 Å². The van der Waals surface area contributed by atoms with E-state index in [4.69, 9.17) is 14.4 Å². The second-order valence-electron chi connectivity index (χ2n) is 5.02. The Morgan fingerprint density at radius 1 is 1.22 bits per heavy atom. The van der Waals surface area contributed by atoms with Gasteiger partial charge in [0, 0.05) is 12.4 Å². The van der Waals surface area contributed by atoms with E-state index < -0.39 is 12.1 Å². The van der Waals surface area contributed by atoms with Gasteiger partial charge in [-0.05, 0) is 5.56 Å². The number of benzene rings is 1. The summed E-state index contributed by atoms with van der Waals surface area (Å²) in [5.41, 5.74) is 1.69. The van der Waals surface area contributed by atoms with Gasteiger partial charge >= 0.3 is 12.1 Å². The van der Waals surface area contributed by atoms with Crippen LogP contribution in [0.25, 0.3) is 11.1 Å². The Morgan fingerprint density at radius 3 is 2.44 bits per heavy atom. The van der Waals surface area contributed by atoms with Gasteiger partial charge in [0.05, 0.1) is 18.1 Å². The van der Waals surface area contributed by atoms with E-state index in [0.29, 0.717) is 5.88 Å². The van der Waals surface area contributed by atoms with Crippen LogP contribution in [0.3, 0.4) is 0 Å². The van der Waals surface area contributed by atoms with Gasteiger partial charge in [0.2, 0.25) is 11.8 Å². The predicted molar refractivity (Wildman–Crippen MR) is 86.5 cm³/mol. The van der Waals surface area contributed by atoms with Crippen molar-refractivity contribution >= 4 is 17.8 Å². The lowest BCUT2D eigenvalue weighted by Gasteiger charge is -2.04. The van der Waals surface area contributed by atoms with Gasteiger partial charge in [-0.2, -0.15) is 13.2 Å². The fraction of sp³-hybridized carbons (Fsp3) is 0.125. The summed E-state index contributed by atoms with van der Waals surface area (Å²) in [5, 5.41) is 13.6. The number of rotatable bonds is 4. The largest absolute Gasteiger partial charge is 0.490 e. The summed E-state index contributed by atoms with van der Waals surface area (Å²) in [6, 6.07) is 9.61. The number of hydrogen-bond acceptors (Lipinski definition) is 5. The van der Waals surface area contributed by atoms with Crippen molar-refractivity contribution in [3.05, 3.63) is 55.2 Å². The number of halogens is 3. The molecule has 3 aromatic rings. The number of carbonyl (C=O) groups is 2. The SMILES string of the molecule is O=C(Cn1ccnc1)Nc1oncc1-c1ccccc1.O=C(O)C(F)(F)F. The Labute approximate surface area is 150 Å². The molecule has 0 aliphatic carbocycles. The molecular weight excluding hydrogens is 369 g/mol. The Kier molecular flexibility index (Phi) is 6.31. The van der Waals surface area contributed by atoms with E-state index in [9.17, 15) is 18.0 Å². The smallest absolute Gasteiger partial charge is 0.475 e. The number of carbonyl (C=O) groups excluding carboxylic acids is 1. The molecule has 2 heterocycles. The molecule has 1 aromatic carbocycles. The number of amides is 1. The van der Waals surface area contributed by atoms with E-state index in [1.54, 1.807) is 29.5 Å². The van der Waals surface area contributed by atoms with Gasteiger partial charge in [0.15, 0.2) is 0 Å². The first-order chi connectivity index (χ1) is 12.8. The fourth-order valence-corrected chi connectivity index (χ4v) is 1.87. The molecule has 0 aliphatic rings. The van der Waals surface area contributed by atoms with Crippen LogP contribution in [0.15, 0.2) is 59.8 Å². The zero-order valence-corrected chi connectivity index (χ0v) is 13.6. The Balaban J connectivity index is 0.000000321. The molecule has 2 aromatic heterocycles. The second-order valence-corrected chi connectivity index (χ2v) is 5.02. The maximum Gasteiger partial charge on any atom is 0.490 e. The van der Waals surface area contributed by atoms with E-state index in [1.807, 2.05) is 30.3 Å². The average molecular weight is 382 g/mol. The van der Waals surface area contributed by atoms with E-state index >= 15 is 0 Å². The molecule has 11 heteroatoms. The van der Waals surface area contributed by atoms with Gasteiger partial charge in [0.25, 0.3) is 0 Å². The quantitative estimate of drug-likeness (QED) is 0.718. The number of anilines is 1. The number of carboxylic acid groups (broad SMARTS) is 1. The first-order valence-corrected chi connectivity index (χ1v) is 7.33. The van der Waals surface area contributed by atoms with Crippen molar-refractivity contribution in [2.45, 2.75) is 12.7 Å². The highest BCUT2D eigenvalue weighted by atomic mass is 19.4. The molecular formula is C16H13F3N4O4. The molecule has 0 spiro atoms. The van der Waals surface area contributed by atoms with Crippen molar-refractivity contribution in [3.63, 3.8) is 0 Å². The van der Waals surface area contributed by atoms with Gasteiger partial charge in [-0.25, -0.2) is 9.78 Å². The van der Waals surface area contributed by atoms with Crippen LogP contribution in [0.2, 0.25) is 0 Å². The van der Waals surface area contributed by atoms with Crippen molar-refractivity contribution in [1.29, 1.82) is 0 Å². The molecule has 0 radical (unpaired) electrons. The molecule has 0 atom stereocenters. The van der Waals surface area contributed by atoms with Crippen LogP contribution in [0, 0.1) is 0 Å². The van der Waals surface area contributed by atoms with Crippen molar-refractivity contribution in [1.82, 2.24) is 14.7 Å². The summed E-state index contributed by atoms with van der Waals surface area (Å²) in [6.45, 7) is 0.176. The molecule has 0 saturated heterocycles. The molecule has 1 amide bonds. The average Bonchev–Trinajstić information content (AvgIpc) is 3.27. The molecule has 8 nitrogen and oxygen atoms in total. The summed E-state index contributed by atoms with van der Waals surface area (Å²) in [7, 11) is 0. The predicted octanol–water partition coefficient (Wildman–Crippen LogP) is 2.81. The third kappa shape index (κ3) is 5.99. The van der Waals surface area contributed by atoms with Crippen molar-refractivity contribution in [3.8, 4) is 11.1 Å². The number of aromatic nitrogens is 3. The minimum absolute atomic E-state index is 0.176. The molecule has 27 heavy (non-hydrogen) atoms. The first kappa shape index (κ1) is 19.7. The first-order valence-electron chi connectivity index (χ1n) is 7.33. The lowest BCUT2D eigenvalue weighted by atomic mass is 10.1. The van der Waals surface area contributed by atoms with Crippen LogP contribution in [0.5, 0.6) is 0 Å². The normalized spacial score (nSPS) is 10.6. The zero-order chi connectivity index (χ0) is 19.9. The number of imidazole rings is 1. The van der Waals surface area contributed by atoms with Crippen LogP contribution in [-0.4, -0.2) is 37.9 Å². The van der Waals surface area contributed by atoms with E-state index in [2.05, 4.69) is 15.5 Å². The molecule has 3 rings (SSSR count).